The Labute approximate surface area is 534 Å². The summed E-state index contributed by atoms with van der Waals surface area (Å²) in [7, 11) is 5.87. The lowest BCUT2D eigenvalue weighted by molar-refractivity contribution is -0.142. The Balaban J connectivity index is 4.09. The van der Waals surface area contributed by atoms with Gasteiger partial charge in [-0.1, -0.05) is 147 Å². The first-order valence-corrected chi connectivity index (χ1v) is 36.4. The number of ketones is 5. The van der Waals surface area contributed by atoms with Gasteiger partial charge in [0.25, 0.3) is 0 Å². The summed E-state index contributed by atoms with van der Waals surface area (Å²) in [5.41, 5.74) is 0. The summed E-state index contributed by atoms with van der Waals surface area (Å²) in [6.07, 6.45) is 18.0. The number of unbranched alkanes of at least 4 members (excludes halogenated alkanes) is 14. The first kappa shape index (κ1) is 83.0. The zero-order valence-corrected chi connectivity index (χ0v) is 56.3. The normalized spacial score (nSPS) is 13.4. The molecule has 496 valence electrons. The highest BCUT2D eigenvalue weighted by Crippen LogP contribution is 2.32. The Bertz CT molecular complexity index is 1950. The summed E-state index contributed by atoms with van der Waals surface area (Å²) in [6.45, 7) is 10.2. The van der Waals surface area contributed by atoms with E-state index in [1.807, 2.05) is 13.8 Å². The molecule has 0 fully saturated rings. The molecule has 0 bridgehead atoms. The van der Waals surface area contributed by atoms with Gasteiger partial charge in [-0.25, -0.2) is 4.79 Å². The number of carbonyl (C=O) groups excluding carboxylic acids is 9. The molecule has 20 nitrogen and oxygen atoms in total. The third-order valence-corrected chi connectivity index (χ3v) is 20.0. The van der Waals surface area contributed by atoms with E-state index >= 15 is 0 Å². The Kier molecular flexibility index (Phi) is 54.0. The molecule has 0 aromatic rings. The SMILES string of the molecule is CC(=O)[C@H](CSSC[C@H](C)C(C)=O)CC(=O)[C@H](CSSC[C@H](C)C(=O)S)CC(=O)[C@@H](C)CCCCNC(=O)COCCOCCCC(=O)COCCOCCNC(=O)CC[C@H](NC(=O)CCCCCCCCCCCCCCCCC(=O)O)C(=O)O. The van der Waals surface area contributed by atoms with Gasteiger partial charge >= 0.3 is 11.9 Å². The van der Waals surface area contributed by atoms with Crippen molar-refractivity contribution >= 4 is 119 Å². The van der Waals surface area contributed by atoms with Crippen LogP contribution in [-0.4, -0.2) is 169 Å². The smallest absolute Gasteiger partial charge is 0.326 e. The fraction of sp³-hybridized carbons (Fsp3) is 0.820. The zero-order valence-electron chi connectivity index (χ0n) is 52.1. The van der Waals surface area contributed by atoms with Crippen molar-refractivity contribution in [3.05, 3.63) is 0 Å². The van der Waals surface area contributed by atoms with Gasteiger partial charge in [-0.3, -0.25) is 47.9 Å². The average Bonchev–Trinajstić information content (AvgIpc) is 3.61. The van der Waals surface area contributed by atoms with Gasteiger partial charge in [-0.2, -0.15) is 0 Å². The van der Waals surface area contributed by atoms with Crippen LogP contribution in [0.1, 0.15) is 195 Å². The first-order valence-electron chi connectivity index (χ1n) is 31.0. The molecule has 0 saturated carbocycles. The maximum Gasteiger partial charge on any atom is 0.326 e. The number of hydrogen-bond donors (Lipinski definition) is 6. The average molecular weight is 1310 g/mol. The molecule has 0 spiro atoms. The van der Waals surface area contributed by atoms with Gasteiger partial charge in [-0.05, 0) is 52.4 Å². The lowest BCUT2D eigenvalue weighted by Gasteiger charge is -2.20. The van der Waals surface area contributed by atoms with Crippen LogP contribution in [0.4, 0.5) is 0 Å². The van der Waals surface area contributed by atoms with Crippen molar-refractivity contribution in [1.82, 2.24) is 16.0 Å². The van der Waals surface area contributed by atoms with Crippen molar-refractivity contribution in [2.75, 3.05) is 89.0 Å². The number of ether oxygens (including phenoxy) is 4. The predicted octanol–water partition coefficient (Wildman–Crippen LogP) is 9.94. The van der Waals surface area contributed by atoms with Gasteiger partial charge in [0.15, 0.2) is 10.9 Å². The minimum atomic E-state index is -1.19. The Morgan fingerprint density at radius 3 is 1.49 bits per heavy atom. The lowest BCUT2D eigenvalue weighted by Crippen LogP contribution is -2.41. The molecule has 0 aromatic carbocycles. The van der Waals surface area contributed by atoms with Gasteiger partial charge < -0.3 is 45.1 Å². The minimum absolute atomic E-state index is 0.0315. The van der Waals surface area contributed by atoms with Gasteiger partial charge in [-0.15, -0.1) is 12.6 Å². The zero-order chi connectivity index (χ0) is 64.2. The number of thiol groups is 1. The van der Waals surface area contributed by atoms with Crippen LogP contribution >= 0.6 is 55.8 Å². The summed E-state index contributed by atoms with van der Waals surface area (Å²) < 4.78 is 21.8. The molecule has 0 aliphatic heterocycles. The molecular weight excluding hydrogens is 1210 g/mol. The highest BCUT2D eigenvalue weighted by Gasteiger charge is 2.29. The van der Waals surface area contributed by atoms with Crippen LogP contribution in [0.15, 0.2) is 0 Å². The van der Waals surface area contributed by atoms with Crippen LogP contribution in [0.3, 0.4) is 0 Å². The molecule has 0 aliphatic rings. The number of carboxylic acids is 2. The van der Waals surface area contributed by atoms with E-state index in [0.717, 1.165) is 44.9 Å². The number of rotatable bonds is 63. The molecule has 0 rings (SSSR count). The number of Topliss-reactive ketones (excluding diaryl/α,β-unsaturated/α-hetero) is 5. The maximum absolute atomic E-state index is 13.6. The Hall–Kier alpha value is -3.04. The van der Waals surface area contributed by atoms with Crippen molar-refractivity contribution in [2.45, 2.75) is 201 Å². The molecule has 86 heavy (non-hydrogen) atoms. The van der Waals surface area contributed by atoms with E-state index in [-0.39, 0.29) is 167 Å². The third-order valence-electron chi connectivity index (χ3n) is 14.2. The van der Waals surface area contributed by atoms with E-state index in [9.17, 15) is 57.8 Å². The Morgan fingerprint density at radius 2 is 0.930 bits per heavy atom. The van der Waals surface area contributed by atoms with E-state index in [1.54, 1.807) is 13.8 Å². The monoisotopic (exact) mass is 1310 g/mol. The van der Waals surface area contributed by atoms with Crippen LogP contribution in [0.25, 0.3) is 0 Å². The number of nitrogens with one attached hydrogen (secondary N) is 3. The predicted molar refractivity (Wildman–Crippen MR) is 347 cm³/mol. The van der Waals surface area contributed by atoms with Crippen molar-refractivity contribution in [2.24, 2.45) is 29.6 Å². The molecule has 0 saturated heterocycles. The summed E-state index contributed by atoms with van der Waals surface area (Å²) in [5, 5.41) is 26.1. The first-order chi connectivity index (χ1) is 41.1. The van der Waals surface area contributed by atoms with Crippen molar-refractivity contribution < 1.29 is 81.9 Å². The van der Waals surface area contributed by atoms with Crippen molar-refractivity contribution in [1.29, 1.82) is 0 Å². The summed E-state index contributed by atoms with van der Waals surface area (Å²) >= 11 is 3.90. The summed E-state index contributed by atoms with van der Waals surface area (Å²) in [5.74, 6) is -3.00. The number of hydrogen-bond acceptors (Lipinski definition) is 19. The van der Waals surface area contributed by atoms with Gasteiger partial charge in [0.05, 0.1) is 33.0 Å². The molecular formula is C61H105N3O17S5. The largest absolute Gasteiger partial charge is 0.481 e. The quantitative estimate of drug-likeness (QED) is 0.0187. The van der Waals surface area contributed by atoms with Gasteiger partial charge in [0, 0.05) is 111 Å². The fourth-order valence-corrected chi connectivity index (χ4v) is 14.0. The molecule has 0 aromatic heterocycles. The number of amides is 3. The standard InChI is InChI=1S/C61H105N3O17S5/c1-45(54(68)38-51(44-86-84-42-47(3)61(77)82)55(69)37-50(49(5)66)43-85-83-41-46(2)48(4)65)23-20-21-29-62-58(72)40-81-36-33-78-31-22-24-52(67)39-80-35-34-79-32-30-63-56(70)28-27-53(60(75)76)64-57(71)25-18-16-14-12-10-8-6-7-9-11-13-15-17-19-26-59(73)74/h45-47,50-51,53H,6-44H2,1-5H3,(H,62,72)(H,63,70)(H,64,71)(H,73,74)(H,75,76)(H,77,82)/t45-,46-,47-,50-,51-,53-/m0/s1. The highest BCUT2D eigenvalue weighted by molar-refractivity contribution is 8.77. The second-order valence-electron chi connectivity index (χ2n) is 22.1. The number of carboxylic acid groups (broad SMARTS) is 2. The molecule has 0 radical (unpaired) electrons. The second kappa shape index (κ2) is 56.0. The molecule has 0 heterocycles. The van der Waals surface area contributed by atoms with E-state index in [2.05, 4.69) is 28.6 Å². The van der Waals surface area contributed by atoms with Crippen LogP contribution in [0, 0.1) is 29.6 Å². The minimum Gasteiger partial charge on any atom is -0.481 e. The maximum atomic E-state index is 13.6. The molecule has 6 atom stereocenters. The Morgan fingerprint density at radius 1 is 0.430 bits per heavy atom. The van der Waals surface area contributed by atoms with E-state index in [1.165, 1.54) is 88.6 Å². The fourth-order valence-electron chi connectivity index (χ4n) is 8.27. The summed E-state index contributed by atoms with van der Waals surface area (Å²) in [6, 6.07) is -1.16. The van der Waals surface area contributed by atoms with Crippen LogP contribution in [0.2, 0.25) is 0 Å². The van der Waals surface area contributed by atoms with E-state index in [4.69, 9.17) is 24.1 Å². The molecule has 25 heteroatoms. The molecule has 0 aliphatic carbocycles. The summed E-state index contributed by atoms with van der Waals surface area (Å²) in [4.78, 5) is 134. The van der Waals surface area contributed by atoms with E-state index in [0.29, 0.717) is 68.3 Å². The van der Waals surface area contributed by atoms with Crippen LogP contribution in [0.5, 0.6) is 0 Å². The highest BCUT2D eigenvalue weighted by atomic mass is 33.1. The topological polar surface area (TPSA) is 301 Å². The van der Waals surface area contributed by atoms with Gasteiger partial charge in [0.1, 0.15) is 42.4 Å². The van der Waals surface area contributed by atoms with Crippen LogP contribution in [-0.2, 0) is 71.7 Å². The van der Waals surface area contributed by atoms with Gasteiger partial charge in [0.2, 0.25) is 17.7 Å². The molecule has 0 unspecified atom stereocenters. The number of aliphatic carboxylic acids is 2. The third kappa shape index (κ3) is 50.8. The molecule has 3 amide bonds. The van der Waals surface area contributed by atoms with Crippen LogP contribution < -0.4 is 16.0 Å². The lowest BCUT2D eigenvalue weighted by atomic mass is 9.87. The second-order valence-corrected chi connectivity index (χ2v) is 27.7. The molecule has 5 N–H and O–H groups in total. The van der Waals surface area contributed by atoms with E-state index < -0.39 is 29.8 Å². The van der Waals surface area contributed by atoms with Crippen molar-refractivity contribution in [3.63, 3.8) is 0 Å². The van der Waals surface area contributed by atoms with Crippen molar-refractivity contribution in [3.8, 4) is 0 Å². The number of carbonyl (C=O) groups is 11.